The normalized spacial score (nSPS) is 27.7. The molecule has 0 amide bonds. The summed E-state index contributed by atoms with van der Waals surface area (Å²) < 4.78 is 10.1. The van der Waals surface area contributed by atoms with Gasteiger partial charge in [-0.25, -0.2) is 9.59 Å². The summed E-state index contributed by atoms with van der Waals surface area (Å²) in [4.78, 5) is 22.4. The van der Waals surface area contributed by atoms with Crippen LogP contribution in [-0.2, 0) is 19.1 Å². The van der Waals surface area contributed by atoms with Gasteiger partial charge in [0.1, 0.15) is 6.10 Å². The van der Waals surface area contributed by atoms with Crippen LogP contribution in [0.5, 0.6) is 0 Å². The molecule has 2 fully saturated rings. The molecule has 0 N–H and O–H groups in total. The number of allylic oxidation sites excluding steroid dienone is 1. The summed E-state index contributed by atoms with van der Waals surface area (Å²) in [6, 6.07) is 0. The van der Waals surface area contributed by atoms with E-state index in [2.05, 4.69) is 19.2 Å². The van der Waals surface area contributed by atoms with Gasteiger partial charge in [0.2, 0.25) is 0 Å². The van der Waals surface area contributed by atoms with Gasteiger partial charge in [-0.2, -0.15) is 0 Å². The Balaban J connectivity index is 1.83. The third-order valence-corrected chi connectivity index (χ3v) is 3.51. The zero-order valence-electron chi connectivity index (χ0n) is 11.1. The predicted octanol–water partition coefficient (Wildman–Crippen LogP) is 2.31. The van der Waals surface area contributed by atoms with Crippen LogP contribution in [0.2, 0.25) is 0 Å². The van der Waals surface area contributed by atoms with E-state index in [9.17, 15) is 9.59 Å². The van der Waals surface area contributed by atoms with Gasteiger partial charge in [0.05, 0.1) is 6.61 Å². The number of rotatable bonds is 4. The van der Waals surface area contributed by atoms with Crippen molar-refractivity contribution in [2.75, 3.05) is 6.61 Å². The van der Waals surface area contributed by atoms with Crippen LogP contribution in [0.3, 0.4) is 0 Å². The molecule has 0 bridgehead atoms. The van der Waals surface area contributed by atoms with Crippen LogP contribution in [0, 0.1) is 5.92 Å². The molecular formula is C15H18O4. The van der Waals surface area contributed by atoms with Gasteiger partial charge in [-0.15, -0.1) is 0 Å². The van der Waals surface area contributed by atoms with Gasteiger partial charge < -0.3 is 9.47 Å². The number of hydrogen-bond donors (Lipinski definition) is 0. The third kappa shape index (κ3) is 3.13. The molecule has 2 atom stereocenters. The average Bonchev–Trinajstić information content (AvgIpc) is 2.82. The molecule has 2 heterocycles. The Labute approximate surface area is 112 Å². The van der Waals surface area contributed by atoms with Gasteiger partial charge in [-0.05, 0) is 13.3 Å². The monoisotopic (exact) mass is 262 g/mol. The number of carbonyl (C=O) groups excluding carboxylic acids is 2. The summed E-state index contributed by atoms with van der Waals surface area (Å²) in [6.45, 7) is 9.80. The highest BCUT2D eigenvalue weighted by atomic mass is 16.6. The number of esters is 2. The van der Waals surface area contributed by atoms with E-state index in [0.29, 0.717) is 30.6 Å². The van der Waals surface area contributed by atoms with Gasteiger partial charge in [0.25, 0.3) is 0 Å². The molecule has 2 saturated heterocycles. The van der Waals surface area contributed by atoms with Gasteiger partial charge in [-0.1, -0.05) is 24.8 Å². The molecule has 102 valence electrons. The van der Waals surface area contributed by atoms with Gasteiger partial charge in [0, 0.05) is 29.9 Å². The number of carbonyl (C=O) groups is 2. The lowest BCUT2D eigenvalue weighted by molar-refractivity contribution is -0.138. The highest BCUT2D eigenvalue weighted by Gasteiger charge is 2.29. The number of ether oxygens (including phenoxy) is 2. The second kappa shape index (κ2) is 5.43. The van der Waals surface area contributed by atoms with Crippen LogP contribution in [-0.4, -0.2) is 24.6 Å². The van der Waals surface area contributed by atoms with Crippen molar-refractivity contribution in [2.24, 2.45) is 5.92 Å². The highest BCUT2D eigenvalue weighted by Crippen LogP contribution is 2.26. The van der Waals surface area contributed by atoms with Crippen LogP contribution >= 0.6 is 0 Å². The van der Waals surface area contributed by atoms with Crippen LogP contribution < -0.4 is 0 Å². The van der Waals surface area contributed by atoms with Crippen molar-refractivity contribution in [1.82, 2.24) is 0 Å². The quantitative estimate of drug-likeness (QED) is 0.443. The van der Waals surface area contributed by atoms with Crippen molar-refractivity contribution in [1.29, 1.82) is 0 Å². The first kappa shape index (κ1) is 13.6. The van der Waals surface area contributed by atoms with Crippen molar-refractivity contribution < 1.29 is 19.1 Å². The summed E-state index contributed by atoms with van der Waals surface area (Å²) in [5, 5.41) is 0. The lowest BCUT2D eigenvalue weighted by atomic mass is 9.97. The summed E-state index contributed by atoms with van der Waals surface area (Å²) in [5.74, 6) is -0.512. The molecule has 0 radical (unpaired) electrons. The Bertz CT molecular complexity index is 457. The van der Waals surface area contributed by atoms with E-state index in [-0.39, 0.29) is 24.0 Å². The van der Waals surface area contributed by atoms with E-state index in [1.807, 2.05) is 6.92 Å². The van der Waals surface area contributed by atoms with E-state index in [4.69, 9.17) is 9.47 Å². The Morgan fingerprint density at radius 2 is 2.11 bits per heavy atom. The molecule has 0 spiro atoms. The standard InChI is InChI=1S/C15H18O4/c1-9(6-13-7-10(2)14(16)19-13)4-5-12-8-18-15(17)11(12)3/h4,12-13H,2-3,5-8H2,1H3/b9-4-/t12?,13-/m0/s1. The van der Waals surface area contributed by atoms with Gasteiger partial charge in [-0.3, -0.25) is 0 Å². The fourth-order valence-electron chi connectivity index (χ4n) is 2.28. The second-order valence-electron chi connectivity index (χ2n) is 5.15. The highest BCUT2D eigenvalue weighted by molar-refractivity contribution is 5.90. The second-order valence-corrected chi connectivity index (χ2v) is 5.15. The summed E-state index contributed by atoms with van der Waals surface area (Å²) in [7, 11) is 0. The molecule has 4 heteroatoms. The van der Waals surface area contributed by atoms with Crippen molar-refractivity contribution in [3.63, 3.8) is 0 Å². The molecular weight excluding hydrogens is 244 g/mol. The zero-order chi connectivity index (χ0) is 14.0. The minimum Gasteiger partial charge on any atom is -0.462 e. The molecule has 0 aromatic carbocycles. The predicted molar refractivity (Wildman–Crippen MR) is 70.2 cm³/mol. The maximum atomic E-state index is 11.2. The molecule has 19 heavy (non-hydrogen) atoms. The topological polar surface area (TPSA) is 52.6 Å². The molecule has 2 rings (SSSR count). The van der Waals surface area contributed by atoms with Gasteiger partial charge in [0.15, 0.2) is 0 Å². The van der Waals surface area contributed by atoms with Crippen molar-refractivity contribution in [2.45, 2.75) is 32.3 Å². The third-order valence-electron chi connectivity index (χ3n) is 3.51. The molecule has 0 aromatic rings. The molecule has 0 saturated carbocycles. The van der Waals surface area contributed by atoms with Crippen LogP contribution in [0.1, 0.15) is 26.2 Å². The molecule has 0 aromatic heterocycles. The number of cyclic esters (lactones) is 2. The minimum atomic E-state index is -0.294. The Morgan fingerprint density at radius 1 is 1.37 bits per heavy atom. The Hall–Kier alpha value is -1.84. The number of hydrogen-bond acceptors (Lipinski definition) is 4. The van der Waals surface area contributed by atoms with Crippen molar-refractivity contribution in [3.8, 4) is 0 Å². The molecule has 2 aliphatic rings. The van der Waals surface area contributed by atoms with E-state index in [0.717, 1.165) is 12.0 Å². The fourth-order valence-corrected chi connectivity index (χ4v) is 2.28. The van der Waals surface area contributed by atoms with Crippen molar-refractivity contribution in [3.05, 3.63) is 36.0 Å². The smallest absolute Gasteiger partial charge is 0.333 e. The van der Waals surface area contributed by atoms with E-state index >= 15 is 0 Å². The van der Waals surface area contributed by atoms with Crippen LogP contribution in [0.15, 0.2) is 36.0 Å². The van der Waals surface area contributed by atoms with Crippen LogP contribution in [0.25, 0.3) is 0 Å². The molecule has 0 aliphatic carbocycles. The molecule has 1 unspecified atom stereocenters. The average molecular weight is 262 g/mol. The Kier molecular flexibility index (Phi) is 3.88. The Morgan fingerprint density at radius 3 is 2.63 bits per heavy atom. The van der Waals surface area contributed by atoms with E-state index < -0.39 is 0 Å². The van der Waals surface area contributed by atoms with Crippen molar-refractivity contribution >= 4 is 11.9 Å². The van der Waals surface area contributed by atoms with E-state index in [1.54, 1.807) is 0 Å². The maximum absolute atomic E-state index is 11.2. The lowest BCUT2D eigenvalue weighted by Crippen LogP contribution is -2.07. The first-order valence-corrected chi connectivity index (χ1v) is 6.37. The zero-order valence-corrected chi connectivity index (χ0v) is 11.1. The van der Waals surface area contributed by atoms with Crippen LogP contribution in [0.4, 0.5) is 0 Å². The maximum Gasteiger partial charge on any atom is 0.333 e. The van der Waals surface area contributed by atoms with E-state index in [1.165, 1.54) is 0 Å². The van der Waals surface area contributed by atoms with Gasteiger partial charge >= 0.3 is 11.9 Å². The molecule has 2 aliphatic heterocycles. The summed E-state index contributed by atoms with van der Waals surface area (Å²) in [5.41, 5.74) is 2.23. The first-order valence-electron chi connectivity index (χ1n) is 6.37. The fraction of sp³-hybridized carbons (Fsp3) is 0.467. The molecule has 4 nitrogen and oxygen atoms in total. The largest absolute Gasteiger partial charge is 0.462 e. The summed E-state index contributed by atoms with van der Waals surface area (Å²) >= 11 is 0. The summed E-state index contributed by atoms with van der Waals surface area (Å²) in [6.07, 6.45) is 4.01. The lowest BCUT2D eigenvalue weighted by Gasteiger charge is -2.10. The first-order chi connectivity index (χ1) is 8.97. The minimum absolute atomic E-state index is 0.0727. The SMILES string of the molecule is C=C1C[C@H](C/C(C)=C\CC2COC(=O)C2=C)OC1=O.